The van der Waals surface area contributed by atoms with Crippen LogP contribution in [0.2, 0.25) is 0 Å². The molecule has 3 nitrogen and oxygen atoms in total. The number of hydrogen-bond acceptors (Lipinski definition) is 3. The molecule has 1 rings (SSSR count). The van der Waals surface area contributed by atoms with Gasteiger partial charge < -0.3 is 10.0 Å². The van der Waals surface area contributed by atoms with E-state index < -0.39 is 12.0 Å². The molecule has 1 aliphatic rings. The van der Waals surface area contributed by atoms with Crippen molar-refractivity contribution in [3.63, 3.8) is 0 Å². The van der Waals surface area contributed by atoms with Crippen molar-refractivity contribution in [2.45, 2.75) is 13.0 Å². The summed E-state index contributed by atoms with van der Waals surface area (Å²) in [5, 5.41) is 8.72. The van der Waals surface area contributed by atoms with Crippen LogP contribution in [0.5, 0.6) is 0 Å². The normalized spacial score (nSPS) is 23.7. The van der Waals surface area contributed by atoms with Crippen molar-refractivity contribution in [3.05, 3.63) is 0 Å². The molecule has 1 atom stereocenters. The van der Waals surface area contributed by atoms with E-state index in [9.17, 15) is 4.79 Å². The predicted molar refractivity (Wildman–Crippen MR) is 48.9 cm³/mol. The Kier molecular flexibility index (Phi) is 2.72. The summed E-state index contributed by atoms with van der Waals surface area (Å²) >= 11 is 6.51. The van der Waals surface area contributed by atoms with E-state index >= 15 is 0 Å². The van der Waals surface area contributed by atoms with Crippen LogP contribution in [-0.4, -0.2) is 38.6 Å². The third-order valence-electron chi connectivity index (χ3n) is 1.57. The van der Waals surface area contributed by atoms with Crippen LogP contribution in [0.3, 0.4) is 0 Å². The fourth-order valence-electron chi connectivity index (χ4n) is 0.958. The first kappa shape index (κ1) is 8.80. The Morgan fingerprint density at radius 3 is 2.82 bits per heavy atom. The fraction of sp³-hybridized carbons (Fsp3) is 0.667. The lowest BCUT2D eigenvalue weighted by atomic mass is 10.3. The van der Waals surface area contributed by atoms with Crippen LogP contribution in [-0.2, 0) is 4.79 Å². The number of carboxylic acids is 1. The minimum atomic E-state index is -0.779. The third-order valence-corrected chi connectivity index (χ3v) is 2.82. The lowest BCUT2D eigenvalue weighted by Gasteiger charge is -2.20. The van der Waals surface area contributed by atoms with E-state index in [2.05, 4.69) is 0 Å². The summed E-state index contributed by atoms with van der Waals surface area (Å²) in [6, 6.07) is -0.405. The molecule has 5 heteroatoms. The number of nitrogens with zero attached hydrogens (tertiary/aromatic N) is 1. The number of carbonyl (C=O) groups is 1. The SMILES string of the molecule is CC(=S)N1CSC[C@H]1C(=O)O. The maximum Gasteiger partial charge on any atom is 0.327 e. The molecule has 0 bridgehead atoms. The van der Waals surface area contributed by atoms with Gasteiger partial charge in [-0.1, -0.05) is 12.2 Å². The van der Waals surface area contributed by atoms with E-state index in [0.29, 0.717) is 16.6 Å². The van der Waals surface area contributed by atoms with Crippen molar-refractivity contribution in [1.29, 1.82) is 0 Å². The molecule has 0 amide bonds. The van der Waals surface area contributed by atoms with Gasteiger partial charge in [0.15, 0.2) is 0 Å². The quantitative estimate of drug-likeness (QED) is 0.621. The number of carboxylic acid groups (broad SMARTS) is 1. The van der Waals surface area contributed by atoms with E-state index in [4.69, 9.17) is 17.3 Å². The van der Waals surface area contributed by atoms with Crippen LogP contribution in [0.4, 0.5) is 0 Å². The molecule has 0 aromatic rings. The van der Waals surface area contributed by atoms with Gasteiger partial charge in [0.1, 0.15) is 6.04 Å². The Morgan fingerprint density at radius 1 is 1.82 bits per heavy atom. The number of aliphatic carboxylic acids is 1. The number of thiocarbonyl (C=S) groups is 1. The first-order chi connectivity index (χ1) is 5.13. The van der Waals surface area contributed by atoms with Gasteiger partial charge >= 0.3 is 5.97 Å². The lowest BCUT2D eigenvalue weighted by molar-refractivity contribution is -0.140. The van der Waals surface area contributed by atoms with Crippen molar-refractivity contribution < 1.29 is 9.90 Å². The summed E-state index contributed by atoms with van der Waals surface area (Å²) in [5.74, 6) is 0.578. The Hall–Kier alpha value is -0.290. The van der Waals surface area contributed by atoms with E-state index in [1.165, 1.54) is 0 Å². The molecule has 0 aromatic carbocycles. The van der Waals surface area contributed by atoms with Crippen molar-refractivity contribution >= 4 is 34.9 Å². The van der Waals surface area contributed by atoms with Gasteiger partial charge in [0.2, 0.25) is 0 Å². The zero-order chi connectivity index (χ0) is 8.43. The van der Waals surface area contributed by atoms with Crippen LogP contribution < -0.4 is 0 Å². The topological polar surface area (TPSA) is 40.5 Å². The summed E-state index contributed by atoms with van der Waals surface area (Å²) < 4.78 is 0. The monoisotopic (exact) mass is 191 g/mol. The van der Waals surface area contributed by atoms with Crippen LogP contribution in [0, 0.1) is 0 Å². The van der Waals surface area contributed by atoms with Gasteiger partial charge in [-0.05, 0) is 6.92 Å². The zero-order valence-corrected chi connectivity index (χ0v) is 7.74. The molecule has 1 N–H and O–H groups in total. The highest BCUT2D eigenvalue weighted by Gasteiger charge is 2.30. The molecule has 0 radical (unpaired) electrons. The highest BCUT2D eigenvalue weighted by atomic mass is 32.2. The average molecular weight is 191 g/mol. The van der Waals surface area contributed by atoms with Crippen LogP contribution in [0.25, 0.3) is 0 Å². The number of thioether (sulfide) groups is 1. The molecule has 0 aromatic heterocycles. The molecule has 0 aliphatic carbocycles. The summed E-state index contributed by atoms with van der Waals surface area (Å²) in [4.78, 5) is 13.0. The highest BCUT2D eigenvalue weighted by molar-refractivity contribution is 7.99. The summed E-state index contributed by atoms with van der Waals surface area (Å²) in [5.41, 5.74) is 0. The van der Waals surface area contributed by atoms with Gasteiger partial charge in [-0.25, -0.2) is 4.79 Å². The second kappa shape index (κ2) is 3.40. The van der Waals surface area contributed by atoms with Crippen LogP contribution in [0.15, 0.2) is 0 Å². The maximum absolute atomic E-state index is 10.6. The molecule has 1 heterocycles. The Labute approximate surface area is 74.8 Å². The maximum atomic E-state index is 10.6. The van der Waals surface area contributed by atoms with E-state index in [-0.39, 0.29) is 0 Å². The minimum absolute atomic E-state index is 0.405. The van der Waals surface area contributed by atoms with E-state index in [1.807, 2.05) is 0 Å². The van der Waals surface area contributed by atoms with Gasteiger partial charge in [0, 0.05) is 5.75 Å². The van der Waals surface area contributed by atoms with E-state index in [0.717, 1.165) is 0 Å². The third kappa shape index (κ3) is 1.84. The highest BCUT2D eigenvalue weighted by Crippen LogP contribution is 2.21. The van der Waals surface area contributed by atoms with E-state index in [1.54, 1.807) is 23.6 Å². The second-order valence-corrected chi connectivity index (χ2v) is 3.93. The van der Waals surface area contributed by atoms with Gasteiger partial charge in [0.25, 0.3) is 0 Å². The average Bonchev–Trinajstić information content (AvgIpc) is 2.32. The first-order valence-corrected chi connectivity index (χ1v) is 4.77. The van der Waals surface area contributed by atoms with Crippen molar-refractivity contribution in [2.24, 2.45) is 0 Å². The second-order valence-electron chi connectivity index (χ2n) is 2.34. The number of hydrogen-bond donors (Lipinski definition) is 1. The smallest absolute Gasteiger partial charge is 0.327 e. The largest absolute Gasteiger partial charge is 0.480 e. The Bertz CT molecular complexity index is 175. The minimum Gasteiger partial charge on any atom is -0.480 e. The molecular weight excluding hydrogens is 182 g/mol. The standard InChI is InChI=1S/C6H9NO2S2/c1-4(10)7-3-11-2-5(7)6(8)9/h5H,2-3H2,1H3,(H,8,9)/t5-/m0/s1. The molecule has 0 spiro atoms. The summed E-state index contributed by atoms with van der Waals surface area (Å²) in [6.45, 7) is 1.76. The van der Waals surface area contributed by atoms with Gasteiger partial charge in [0.05, 0.1) is 10.9 Å². The van der Waals surface area contributed by atoms with Gasteiger partial charge in [-0.15, -0.1) is 11.8 Å². The number of rotatable bonds is 1. The van der Waals surface area contributed by atoms with Crippen LogP contribution >= 0.6 is 24.0 Å². The molecular formula is C6H9NO2S2. The first-order valence-electron chi connectivity index (χ1n) is 3.20. The fourth-order valence-corrected chi connectivity index (χ4v) is 2.45. The van der Waals surface area contributed by atoms with Crippen molar-refractivity contribution in [1.82, 2.24) is 4.90 Å². The van der Waals surface area contributed by atoms with Gasteiger partial charge in [-0.3, -0.25) is 0 Å². The predicted octanol–water partition coefficient (Wildman–Crippen LogP) is 0.793. The van der Waals surface area contributed by atoms with Gasteiger partial charge in [-0.2, -0.15) is 0 Å². The Balaban J connectivity index is 2.65. The summed E-state index contributed by atoms with van der Waals surface area (Å²) in [6.07, 6.45) is 0. The Morgan fingerprint density at radius 2 is 2.45 bits per heavy atom. The lowest BCUT2D eigenvalue weighted by Crippen LogP contribution is -2.39. The summed E-state index contributed by atoms with van der Waals surface area (Å²) in [7, 11) is 0. The van der Waals surface area contributed by atoms with Crippen molar-refractivity contribution in [3.8, 4) is 0 Å². The molecule has 1 aliphatic heterocycles. The molecule has 1 saturated heterocycles. The van der Waals surface area contributed by atoms with Crippen LogP contribution in [0.1, 0.15) is 6.92 Å². The van der Waals surface area contributed by atoms with Crippen molar-refractivity contribution in [2.75, 3.05) is 11.6 Å². The molecule has 0 saturated carbocycles. The molecule has 1 fully saturated rings. The molecule has 62 valence electrons. The molecule has 0 unspecified atom stereocenters. The molecule has 11 heavy (non-hydrogen) atoms. The zero-order valence-electron chi connectivity index (χ0n) is 6.11.